The lowest BCUT2D eigenvalue weighted by Crippen LogP contribution is -2.48. The van der Waals surface area contributed by atoms with E-state index in [1.165, 1.54) is 0 Å². The van der Waals surface area contributed by atoms with Crippen molar-refractivity contribution in [3.8, 4) is 0 Å². The highest BCUT2D eigenvalue weighted by atomic mass is 79.9. The predicted octanol–water partition coefficient (Wildman–Crippen LogP) is 2.50. The number of nitrogens with one attached hydrogen (secondary N) is 1. The summed E-state index contributed by atoms with van der Waals surface area (Å²) in [5.41, 5.74) is 5.64. The molecule has 0 aliphatic rings. The van der Waals surface area contributed by atoms with E-state index in [4.69, 9.17) is 5.73 Å². The minimum Gasteiger partial charge on any atom is -0.350 e. The van der Waals surface area contributed by atoms with Crippen LogP contribution in [-0.2, 0) is 11.3 Å². The van der Waals surface area contributed by atoms with E-state index in [0.29, 0.717) is 6.54 Å². The molecule has 1 aromatic rings. The monoisotopic (exact) mass is 304 g/mol. The average Bonchev–Trinajstić information content (AvgIpc) is 2.58. The van der Waals surface area contributed by atoms with Gasteiger partial charge in [0.1, 0.15) is 0 Å². The van der Waals surface area contributed by atoms with Gasteiger partial charge in [-0.05, 0) is 32.8 Å². The number of hydrogen-bond acceptors (Lipinski definition) is 3. The van der Waals surface area contributed by atoms with Crippen LogP contribution in [0.4, 0.5) is 0 Å². The van der Waals surface area contributed by atoms with Crippen molar-refractivity contribution in [3.63, 3.8) is 0 Å². The van der Waals surface area contributed by atoms with Gasteiger partial charge in [0.15, 0.2) is 0 Å². The fourth-order valence-corrected chi connectivity index (χ4v) is 2.55. The van der Waals surface area contributed by atoms with Gasteiger partial charge in [0, 0.05) is 9.35 Å². The molecule has 0 spiro atoms. The number of hydrogen-bond donors (Lipinski definition) is 2. The highest BCUT2D eigenvalue weighted by molar-refractivity contribution is 9.10. The summed E-state index contributed by atoms with van der Waals surface area (Å²) in [7, 11) is 0. The van der Waals surface area contributed by atoms with Crippen molar-refractivity contribution in [2.24, 2.45) is 11.1 Å². The Hall–Kier alpha value is -0.390. The van der Waals surface area contributed by atoms with Gasteiger partial charge < -0.3 is 11.1 Å². The van der Waals surface area contributed by atoms with Gasteiger partial charge in [0.05, 0.1) is 12.6 Å². The van der Waals surface area contributed by atoms with Crippen LogP contribution in [0.2, 0.25) is 0 Å². The summed E-state index contributed by atoms with van der Waals surface area (Å²) in [5, 5.41) is 4.83. The maximum Gasteiger partial charge on any atom is 0.237 e. The van der Waals surface area contributed by atoms with E-state index in [-0.39, 0.29) is 11.3 Å². The largest absolute Gasteiger partial charge is 0.350 e. The van der Waals surface area contributed by atoms with Gasteiger partial charge >= 0.3 is 0 Å². The van der Waals surface area contributed by atoms with E-state index in [2.05, 4.69) is 21.2 Å². The second-order valence-corrected chi connectivity index (χ2v) is 6.61. The Labute approximate surface area is 109 Å². The topological polar surface area (TPSA) is 55.1 Å². The predicted molar refractivity (Wildman–Crippen MR) is 71.3 cm³/mol. The van der Waals surface area contributed by atoms with E-state index >= 15 is 0 Å². The lowest BCUT2D eigenvalue weighted by molar-refractivity contribution is -0.124. The molecule has 3 nitrogen and oxygen atoms in total. The normalized spacial score (nSPS) is 13.6. The van der Waals surface area contributed by atoms with Crippen LogP contribution in [0.3, 0.4) is 0 Å². The van der Waals surface area contributed by atoms with Gasteiger partial charge in [0.25, 0.3) is 0 Å². The van der Waals surface area contributed by atoms with Gasteiger partial charge in [0.2, 0.25) is 5.91 Å². The lowest BCUT2D eigenvalue weighted by Gasteiger charge is -2.25. The molecule has 5 heteroatoms. The van der Waals surface area contributed by atoms with Crippen molar-refractivity contribution in [2.45, 2.75) is 33.4 Å². The molecular weight excluding hydrogens is 288 g/mol. The van der Waals surface area contributed by atoms with Gasteiger partial charge in [-0.15, -0.1) is 11.3 Å². The Morgan fingerprint density at radius 3 is 2.69 bits per heavy atom. The van der Waals surface area contributed by atoms with Crippen molar-refractivity contribution >= 4 is 33.2 Å². The zero-order valence-electron chi connectivity index (χ0n) is 9.71. The van der Waals surface area contributed by atoms with E-state index in [1.54, 1.807) is 11.3 Å². The zero-order valence-corrected chi connectivity index (χ0v) is 12.1. The molecule has 0 radical (unpaired) electrons. The molecule has 90 valence electrons. The first-order valence-corrected chi connectivity index (χ1v) is 6.75. The van der Waals surface area contributed by atoms with Crippen LogP contribution in [0.15, 0.2) is 15.9 Å². The molecule has 0 fully saturated rings. The summed E-state index contributed by atoms with van der Waals surface area (Å²) in [6, 6.07) is 1.49. The van der Waals surface area contributed by atoms with Crippen LogP contribution in [0.25, 0.3) is 0 Å². The van der Waals surface area contributed by atoms with Crippen LogP contribution in [-0.4, -0.2) is 11.9 Å². The molecule has 16 heavy (non-hydrogen) atoms. The average molecular weight is 305 g/mol. The molecule has 1 atom stereocenters. The van der Waals surface area contributed by atoms with Crippen molar-refractivity contribution in [1.82, 2.24) is 5.32 Å². The second-order valence-electron chi connectivity index (χ2n) is 4.75. The third kappa shape index (κ3) is 3.57. The summed E-state index contributed by atoms with van der Waals surface area (Å²) < 4.78 is 1.03. The SMILES string of the molecule is CC(C)(C)[C@@H](N)C(=O)NCc1sccc1Br. The first kappa shape index (κ1) is 13.7. The van der Waals surface area contributed by atoms with Crippen LogP contribution in [0.5, 0.6) is 0 Å². The lowest BCUT2D eigenvalue weighted by atomic mass is 9.87. The number of amides is 1. The molecular formula is C11H17BrN2OS. The second kappa shape index (κ2) is 5.29. The standard InChI is InChI=1S/C11H17BrN2OS/c1-11(2,3)9(13)10(15)14-6-8-7(12)4-5-16-8/h4-5,9H,6,13H2,1-3H3,(H,14,15)/t9-/m0/s1. The highest BCUT2D eigenvalue weighted by Gasteiger charge is 2.27. The van der Waals surface area contributed by atoms with E-state index in [0.717, 1.165) is 9.35 Å². The van der Waals surface area contributed by atoms with Crippen LogP contribution in [0, 0.1) is 5.41 Å². The Morgan fingerprint density at radius 1 is 1.62 bits per heavy atom. The Balaban J connectivity index is 2.51. The molecule has 0 saturated heterocycles. The van der Waals surface area contributed by atoms with E-state index in [1.807, 2.05) is 32.2 Å². The summed E-state index contributed by atoms with van der Waals surface area (Å²) >= 11 is 5.03. The molecule has 0 bridgehead atoms. The third-order valence-corrected chi connectivity index (χ3v) is 4.26. The summed E-state index contributed by atoms with van der Waals surface area (Å²) in [6.45, 7) is 6.40. The molecule has 0 unspecified atom stereocenters. The first-order valence-electron chi connectivity index (χ1n) is 5.07. The maximum absolute atomic E-state index is 11.7. The molecule has 0 saturated carbocycles. The number of rotatable bonds is 3. The van der Waals surface area contributed by atoms with E-state index < -0.39 is 6.04 Å². The summed E-state index contributed by atoms with van der Waals surface area (Å²) in [4.78, 5) is 12.9. The minimum absolute atomic E-state index is 0.104. The summed E-state index contributed by atoms with van der Waals surface area (Å²) in [5.74, 6) is -0.104. The number of carbonyl (C=O) groups is 1. The zero-order chi connectivity index (χ0) is 12.3. The third-order valence-electron chi connectivity index (χ3n) is 2.33. The van der Waals surface area contributed by atoms with Crippen molar-refractivity contribution in [3.05, 3.63) is 20.8 Å². The molecule has 1 rings (SSSR count). The Kier molecular flexibility index (Phi) is 4.52. The van der Waals surface area contributed by atoms with Crippen molar-refractivity contribution in [2.75, 3.05) is 0 Å². The number of halogens is 1. The Morgan fingerprint density at radius 2 is 2.25 bits per heavy atom. The fraction of sp³-hybridized carbons (Fsp3) is 0.545. The van der Waals surface area contributed by atoms with Gasteiger partial charge in [-0.25, -0.2) is 0 Å². The van der Waals surface area contributed by atoms with Crippen molar-refractivity contribution in [1.29, 1.82) is 0 Å². The quantitative estimate of drug-likeness (QED) is 0.901. The maximum atomic E-state index is 11.7. The fourth-order valence-electron chi connectivity index (χ4n) is 1.12. The molecule has 0 aliphatic heterocycles. The van der Waals surface area contributed by atoms with Crippen molar-refractivity contribution < 1.29 is 4.79 Å². The van der Waals surface area contributed by atoms with Crippen LogP contribution in [0.1, 0.15) is 25.6 Å². The Bertz CT molecular complexity index is 370. The van der Waals surface area contributed by atoms with Gasteiger partial charge in [-0.1, -0.05) is 20.8 Å². The molecule has 0 aromatic carbocycles. The summed E-state index contributed by atoms with van der Waals surface area (Å²) in [6.07, 6.45) is 0. The number of carbonyl (C=O) groups excluding carboxylic acids is 1. The molecule has 3 N–H and O–H groups in total. The van der Waals surface area contributed by atoms with Gasteiger partial charge in [-0.2, -0.15) is 0 Å². The molecule has 1 amide bonds. The van der Waals surface area contributed by atoms with Gasteiger partial charge in [-0.3, -0.25) is 4.79 Å². The van der Waals surface area contributed by atoms with E-state index in [9.17, 15) is 4.79 Å². The first-order chi connectivity index (χ1) is 7.32. The number of nitrogens with two attached hydrogens (primary N) is 1. The highest BCUT2D eigenvalue weighted by Crippen LogP contribution is 2.22. The molecule has 1 heterocycles. The number of thiophene rings is 1. The minimum atomic E-state index is -0.480. The van der Waals surface area contributed by atoms with Crippen LogP contribution < -0.4 is 11.1 Å². The molecule has 0 aliphatic carbocycles. The van der Waals surface area contributed by atoms with Crippen LogP contribution >= 0.6 is 27.3 Å². The smallest absolute Gasteiger partial charge is 0.237 e. The molecule has 1 aromatic heterocycles.